The second-order valence-corrected chi connectivity index (χ2v) is 15.1. The van der Waals surface area contributed by atoms with Gasteiger partial charge in [-0.05, 0) is 64.5 Å². The summed E-state index contributed by atoms with van der Waals surface area (Å²) in [7, 11) is 0. The minimum Gasteiger partial charge on any atom is -0.461 e. The van der Waals surface area contributed by atoms with Crippen molar-refractivity contribution in [3.05, 3.63) is 60.3 Å². The fraction of sp³-hybridized carbons (Fsp3) is 0.474. The Morgan fingerprint density at radius 1 is 1.10 bits per heavy atom. The number of nitrogens with zero attached hydrogens (tertiary/aromatic N) is 6. The maximum atomic E-state index is 17.0. The number of rotatable bonds is 6. The van der Waals surface area contributed by atoms with E-state index in [1.807, 2.05) is 31.7 Å². The largest absolute Gasteiger partial charge is 0.461 e. The summed E-state index contributed by atoms with van der Waals surface area (Å²) in [5.74, 6) is -0.706. The molecule has 4 aromatic rings. The molecule has 2 aromatic carbocycles. The van der Waals surface area contributed by atoms with Crippen LogP contribution in [0, 0.1) is 11.6 Å². The number of hydrogen-bond donors (Lipinski definition) is 0. The minimum absolute atomic E-state index is 0.00949. The van der Waals surface area contributed by atoms with Crippen molar-refractivity contribution < 1.29 is 27.4 Å². The second kappa shape index (κ2) is 12.1. The molecule has 4 saturated heterocycles. The first-order valence-corrected chi connectivity index (χ1v) is 17.4. The third kappa shape index (κ3) is 5.52. The molecule has 4 fully saturated rings. The highest BCUT2D eigenvalue weighted by atomic mass is 19.1. The van der Waals surface area contributed by atoms with Crippen LogP contribution in [-0.4, -0.2) is 93.0 Å². The van der Waals surface area contributed by atoms with Gasteiger partial charge < -0.3 is 14.4 Å². The number of fused-ring (bicyclic) bond motifs is 5. The molecule has 0 saturated carbocycles. The summed E-state index contributed by atoms with van der Waals surface area (Å²) in [6, 6.07) is 8.08. The van der Waals surface area contributed by atoms with Gasteiger partial charge in [-0.1, -0.05) is 36.9 Å². The summed E-state index contributed by atoms with van der Waals surface area (Å²) in [5.41, 5.74) is -0.384. The summed E-state index contributed by atoms with van der Waals surface area (Å²) >= 11 is 0. The standard InChI is InChI=1S/C38H41F3N6O3/c1-5-26-29(40)13-10-22-8-6-9-27(30(22)26)32-31(41)33-28(17-42-32)34(44-35(43-33)49-21-38-14-7-15-46(38)18-23(39)16-38)45-19-24-11-12-25(20-45)47(24)36(48)50-37(2,3)4/h5-6,8-10,13,17,23-25H,1,7,11-12,14-16,18-21H2,2-4H3/t23?,24-,25+,38?. The fourth-order valence-electron chi connectivity index (χ4n) is 8.63. The monoisotopic (exact) mass is 686 g/mol. The number of halogens is 3. The molecular formula is C38H41F3N6O3. The molecule has 8 rings (SSSR count). The molecule has 0 radical (unpaired) electrons. The molecule has 2 unspecified atom stereocenters. The van der Waals surface area contributed by atoms with Gasteiger partial charge in [0, 0.05) is 48.8 Å². The van der Waals surface area contributed by atoms with Gasteiger partial charge in [-0.3, -0.25) is 14.8 Å². The predicted octanol–water partition coefficient (Wildman–Crippen LogP) is 7.31. The van der Waals surface area contributed by atoms with Gasteiger partial charge in [0.25, 0.3) is 0 Å². The van der Waals surface area contributed by atoms with E-state index in [0.717, 1.165) is 32.2 Å². The third-order valence-corrected chi connectivity index (χ3v) is 10.8. The van der Waals surface area contributed by atoms with Crippen molar-refractivity contribution in [3.63, 3.8) is 0 Å². The Kier molecular flexibility index (Phi) is 7.93. The average molecular weight is 687 g/mol. The first-order valence-electron chi connectivity index (χ1n) is 17.4. The average Bonchev–Trinajstić information content (AvgIpc) is 3.69. The second-order valence-electron chi connectivity index (χ2n) is 15.1. The Balaban J connectivity index is 1.22. The van der Waals surface area contributed by atoms with Gasteiger partial charge in [-0.15, -0.1) is 0 Å². The van der Waals surface area contributed by atoms with Crippen molar-refractivity contribution in [1.82, 2.24) is 24.8 Å². The lowest BCUT2D eigenvalue weighted by Gasteiger charge is -2.42. The van der Waals surface area contributed by atoms with Crippen molar-refractivity contribution in [2.45, 2.75) is 82.3 Å². The van der Waals surface area contributed by atoms with Crippen molar-refractivity contribution in [3.8, 4) is 17.3 Å². The number of carbonyl (C=O) groups excluding carboxylic acids is 1. The lowest BCUT2D eigenvalue weighted by atomic mass is 9.95. The lowest BCUT2D eigenvalue weighted by Crippen LogP contribution is -2.57. The molecule has 12 heteroatoms. The van der Waals surface area contributed by atoms with Gasteiger partial charge in [0.15, 0.2) is 5.82 Å². The Bertz CT molecular complexity index is 2010. The van der Waals surface area contributed by atoms with Crippen LogP contribution in [0.15, 0.2) is 43.1 Å². The maximum Gasteiger partial charge on any atom is 0.410 e. The SMILES string of the molecule is C=Cc1c(F)ccc2cccc(-c3ncc4c(N5C[C@H]6CC[C@@H](C5)N6C(=O)OC(C)(C)C)nc(OCC56CCCN5CC(F)C6)nc4c3F)c12. The quantitative estimate of drug-likeness (QED) is 0.209. The van der Waals surface area contributed by atoms with E-state index >= 15 is 4.39 Å². The first kappa shape index (κ1) is 32.7. The number of carbonyl (C=O) groups is 1. The number of piperazine rings is 1. The Hall–Kier alpha value is -4.45. The van der Waals surface area contributed by atoms with Gasteiger partial charge in [0.1, 0.15) is 41.2 Å². The summed E-state index contributed by atoms with van der Waals surface area (Å²) < 4.78 is 58.5. The molecule has 9 nitrogen and oxygen atoms in total. The van der Waals surface area contributed by atoms with E-state index < -0.39 is 28.9 Å². The van der Waals surface area contributed by atoms with E-state index in [2.05, 4.69) is 26.3 Å². The van der Waals surface area contributed by atoms with Gasteiger partial charge in [0.05, 0.1) is 23.0 Å². The number of aromatic nitrogens is 3. The van der Waals surface area contributed by atoms with Gasteiger partial charge in [-0.2, -0.15) is 9.97 Å². The highest BCUT2D eigenvalue weighted by molar-refractivity contribution is 6.03. The van der Waals surface area contributed by atoms with Crippen molar-refractivity contribution in [1.29, 1.82) is 0 Å². The highest BCUT2D eigenvalue weighted by Gasteiger charge is 2.50. The topological polar surface area (TPSA) is 83.9 Å². The highest BCUT2D eigenvalue weighted by Crippen LogP contribution is 2.42. The van der Waals surface area contributed by atoms with Crippen LogP contribution < -0.4 is 9.64 Å². The number of anilines is 1. The Morgan fingerprint density at radius 2 is 1.88 bits per heavy atom. The Labute approximate surface area is 289 Å². The summed E-state index contributed by atoms with van der Waals surface area (Å²) in [5, 5.41) is 1.61. The van der Waals surface area contributed by atoms with Crippen molar-refractivity contribution in [2.75, 3.05) is 37.7 Å². The van der Waals surface area contributed by atoms with Crippen LogP contribution in [0.25, 0.3) is 39.0 Å². The smallest absolute Gasteiger partial charge is 0.410 e. The van der Waals surface area contributed by atoms with Crippen molar-refractivity contribution >= 4 is 39.7 Å². The van der Waals surface area contributed by atoms with Gasteiger partial charge in [0.2, 0.25) is 0 Å². The van der Waals surface area contributed by atoms with E-state index in [1.54, 1.807) is 24.4 Å². The zero-order valence-electron chi connectivity index (χ0n) is 28.6. The van der Waals surface area contributed by atoms with E-state index in [0.29, 0.717) is 53.6 Å². The van der Waals surface area contributed by atoms with Crippen LogP contribution in [0.1, 0.15) is 58.4 Å². The molecule has 2 aromatic heterocycles. The normalized spacial score (nSPS) is 25.0. The molecular weight excluding hydrogens is 645 g/mol. The molecule has 1 amide bonds. The molecule has 0 spiro atoms. The van der Waals surface area contributed by atoms with Gasteiger partial charge >= 0.3 is 12.1 Å². The van der Waals surface area contributed by atoms with Gasteiger partial charge in [-0.25, -0.2) is 18.0 Å². The van der Waals surface area contributed by atoms with Crippen LogP contribution in [0.3, 0.4) is 0 Å². The van der Waals surface area contributed by atoms with E-state index in [4.69, 9.17) is 14.5 Å². The molecule has 262 valence electrons. The number of alkyl halides is 1. The zero-order valence-corrected chi connectivity index (χ0v) is 28.6. The number of ether oxygens (including phenoxy) is 2. The van der Waals surface area contributed by atoms with E-state index in [9.17, 15) is 13.6 Å². The lowest BCUT2D eigenvalue weighted by molar-refractivity contribution is 0.0122. The third-order valence-electron chi connectivity index (χ3n) is 10.8. The molecule has 4 aliphatic heterocycles. The van der Waals surface area contributed by atoms with Crippen LogP contribution in [0.5, 0.6) is 6.01 Å². The molecule has 0 aliphatic carbocycles. The molecule has 4 atom stereocenters. The molecule has 0 N–H and O–H groups in total. The molecule has 6 heterocycles. The number of pyridine rings is 1. The number of amides is 1. The summed E-state index contributed by atoms with van der Waals surface area (Å²) in [6.07, 6.45) is 5.44. The summed E-state index contributed by atoms with van der Waals surface area (Å²) in [6.45, 7) is 11.6. The number of hydrogen-bond acceptors (Lipinski definition) is 8. The van der Waals surface area contributed by atoms with Crippen LogP contribution in [0.4, 0.5) is 23.8 Å². The van der Waals surface area contributed by atoms with E-state index in [1.165, 1.54) is 12.1 Å². The summed E-state index contributed by atoms with van der Waals surface area (Å²) in [4.78, 5) is 33.3. The van der Waals surface area contributed by atoms with Crippen LogP contribution >= 0.6 is 0 Å². The van der Waals surface area contributed by atoms with E-state index in [-0.39, 0.29) is 47.6 Å². The molecule has 50 heavy (non-hydrogen) atoms. The predicted molar refractivity (Wildman–Crippen MR) is 186 cm³/mol. The van der Waals surface area contributed by atoms with Crippen LogP contribution in [0.2, 0.25) is 0 Å². The maximum absolute atomic E-state index is 17.0. The van der Waals surface area contributed by atoms with Crippen molar-refractivity contribution in [2.24, 2.45) is 0 Å². The minimum atomic E-state index is -0.930. The Morgan fingerprint density at radius 3 is 2.62 bits per heavy atom. The molecule has 2 bridgehead atoms. The first-order chi connectivity index (χ1) is 23.9. The molecule has 4 aliphatic rings. The zero-order chi connectivity index (χ0) is 34.9. The van der Waals surface area contributed by atoms with Crippen LogP contribution in [-0.2, 0) is 4.74 Å². The fourth-order valence-corrected chi connectivity index (χ4v) is 8.63. The number of benzene rings is 2.